The van der Waals surface area contributed by atoms with E-state index >= 15 is 0 Å². The number of hydrogen-bond donors (Lipinski definition) is 2. The molecule has 5 aliphatic rings. The number of ether oxygens (including phenoxy) is 3. The van der Waals surface area contributed by atoms with E-state index in [2.05, 4.69) is 10.1 Å². The maximum Gasteiger partial charge on any atom is 0.522 e. The maximum absolute atomic E-state index is 12.9. The number of ketones is 1. The van der Waals surface area contributed by atoms with Crippen LogP contribution in [0.25, 0.3) is 0 Å². The van der Waals surface area contributed by atoms with Crippen LogP contribution < -0.4 is 10.1 Å². The van der Waals surface area contributed by atoms with E-state index < -0.39 is 30.8 Å². The largest absolute Gasteiger partial charge is 0.522 e. The van der Waals surface area contributed by atoms with Gasteiger partial charge in [-0.2, -0.15) is 0 Å². The molecule has 11 heteroatoms. The first-order valence-corrected chi connectivity index (χ1v) is 11.7. The van der Waals surface area contributed by atoms with Gasteiger partial charge in [-0.05, 0) is 42.9 Å². The molecule has 4 aliphatic carbocycles. The van der Waals surface area contributed by atoms with E-state index in [0.29, 0.717) is 42.0 Å². The average Bonchev–Trinajstić information content (AvgIpc) is 2.66. The zero-order valence-corrected chi connectivity index (χ0v) is 19.0. The summed E-state index contributed by atoms with van der Waals surface area (Å²) in [6.07, 6.45) is -4.75. The third-order valence-corrected chi connectivity index (χ3v) is 7.53. The molecule has 4 saturated carbocycles. The summed E-state index contributed by atoms with van der Waals surface area (Å²) in [5.41, 5.74) is 0.0883. The summed E-state index contributed by atoms with van der Waals surface area (Å²) < 4.78 is 51.5. The minimum Gasteiger partial charge on any atom is -0.482 e. The molecule has 1 aromatic carbocycles. The molecule has 0 aromatic heterocycles. The number of aliphatic hydroxyl groups excluding tert-OH is 1. The number of rotatable bonds is 8. The van der Waals surface area contributed by atoms with Crippen molar-refractivity contribution in [3.8, 4) is 5.75 Å². The van der Waals surface area contributed by atoms with Gasteiger partial charge in [-0.1, -0.05) is 11.6 Å². The number of nitrogens with one attached hydrogen (secondary N) is 1. The Labute approximate surface area is 198 Å². The van der Waals surface area contributed by atoms with Crippen molar-refractivity contribution in [2.24, 2.45) is 5.41 Å². The molecule has 1 aromatic rings. The molecule has 6 rings (SSSR count). The number of alkyl halides is 3. The lowest BCUT2D eigenvalue weighted by Crippen LogP contribution is -2.75. The molecule has 2 bridgehead atoms. The van der Waals surface area contributed by atoms with Gasteiger partial charge in [0.15, 0.2) is 11.9 Å². The molecule has 2 N–H and O–H groups in total. The first kappa shape index (κ1) is 23.8. The molecule has 0 radical (unpaired) electrons. The number of halogens is 4. The van der Waals surface area contributed by atoms with Crippen LogP contribution >= 0.6 is 11.6 Å². The number of fused-ring (bicyclic) bond motifs is 1. The Kier molecular flexibility index (Phi) is 5.86. The summed E-state index contributed by atoms with van der Waals surface area (Å²) in [5.74, 6) is 0.0858. The maximum atomic E-state index is 12.9. The number of carbonyl (C=O) groups excluding carboxylic acids is 2. The van der Waals surface area contributed by atoms with Gasteiger partial charge in [0, 0.05) is 41.8 Å². The van der Waals surface area contributed by atoms with Gasteiger partial charge in [0.2, 0.25) is 5.91 Å². The highest BCUT2D eigenvalue weighted by Gasteiger charge is 2.68. The molecular weight excluding hydrogens is 479 g/mol. The molecule has 7 nitrogen and oxygen atoms in total. The van der Waals surface area contributed by atoms with Crippen molar-refractivity contribution < 1.29 is 42.1 Å². The third kappa shape index (κ3) is 4.78. The topological polar surface area (TPSA) is 94.1 Å². The van der Waals surface area contributed by atoms with Gasteiger partial charge in [0.25, 0.3) is 0 Å². The monoisotopic (exact) mass is 503 g/mol. The first-order valence-electron chi connectivity index (χ1n) is 11.3. The molecular formula is C23H25ClF3NO6. The highest BCUT2D eigenvalue weighted by Crippen LogP contribution is 2.69. The lowest BCUT2D eigenvalue weighted by molar-refractivity contribution is -0.357. The molecule has 0 spiro atoms. The standard InChI is InChI=1S/C23H25ClF3NO6/c24-12-1-2-18-15(3-12)16(29)6-19(33-18)17(30)7-21-9-22(10-21,11-21)28-20(31)8-32-13-4-14(5-13)34-23(25,26)27/h1-3,13-14,16,19,29H,4-11H2,(H,28,31)/t13?,14?,16-,19+,21?,22?/m1/s1. The Morgan fingerprint density at radius 1 is 1.18 bits per heavy atom. The van der Waals surface area contributed by atoms with E-state index in [1.807, 2.05) is 0 Å². The van der Waals surface area contributed by atoms with E-state index in [-0.39, 0.29) is 48.5 Å². The molecule has 186 valence electrons. The van der Waals surface area contributed by atoms with Crippen molar-refractivity contribution in [3.63, 3.8) is 0 Å². The van der Waals surface area contributed by atoms with E-state index in [1.165, 1.54) is 0 Å². The quantitative estimate of drug-likeness (QED) is 0.563. The van der Waals surface area contributed by atoms with Crippen molar-refractivity contribution in [2.45, 2.75) is 81.3 Å². The Balaban J connectivity index is 1.03. The predicted molar refractivity (Wildman–Crippen MR) is 112 cm³/mol. The summed E-state index contributed by atoms with van der Waals surface area (Å²) in [5, 5.41) is 13.8. The normalized spacial score (nSPS) is 35.7. The van der Waals surface area contributed by atoms with Crippen LogP contribution in [-0.4, -0.2) is 53.6 Å². The number of aliphatic hydroxyl groups is 1. The van der Waals surface area contributed by atoms with Gasteiger partial charge >= 0.3 is 6.36 Å². The second-order valence-corrected chi connectivity index (χ2v) is 10.6. The molecule has 0 saturated heterocycles. The Morgan fingerprint density at radius 2 is 1.88 bits per heavy atom. The van der Waals surface area contributed by atoms with Gasteiger partial charge in [-0.25, -0.2) is 0 Å². The number of benzene rings is 1. The van der Waals surface area contributed by atoms with Gasteiger partial charge in [-0.15, -0.1) is 13.2 Å². The Hall–Kier alpha value is -1.88. The fourth-order valence-corrected chi connectivity index (χ4v) is 6.06. The van der Waals surface area contributed by atoms with Crippen LogP contribution in [-0.2, 0) is 19.1 Å². The Bertz CT molecular complexity index is 976. The molecule has 1 amide bonds. The zero-order valence-electron chi connectivity index (χ0n) is 18.2. The summed E-state index contributed by atoms with van der Waals surface area (Å²) in [6.45, 7) is -0.214. The highest BCUT2D eigenvalue weighted by molar-refractivity contribution is 6.30. The lowest BCUT2D eigenvalue weighted by Gasteiger charge is -2.70. The SMILES string of the molecule is O=C(COC1CC(OC(F)(F)F)C1)NC12CC(CC(=O)[C@@H]3C[C@@H](O)c4cc(Cl)ccc4O3)(C1)C2. The van der Waals surface area contributed by atoms with Gasteiger partial charge in [0.1, 0.15) is 12.4 Å². The van der Waals surface area contributed by atoms with Crippen LogP contribution in [0, 0.1) is 5.41 Å². The van der Waals surface area contributed by atoms with E-state index in [4.69, 9.17) is 21.1 Å². The summed E-state index contributed by atoms with van der Waals surface area (Å²) in [4.78, 5) is 25.1. The average molecular weight is 504 g/mol. The van der Waals surface area contributed by atoms with Crippen molar-refractivity contribution in [3.05, 3.63) is 28.8 Å². The first-order chi connectivity index (χ1) is 15.9. The molecule has 2 atom stereocenters. The minimum atomic E-state index is -4.66. The summed E-state index contributed by atoms with van der Waals surface area (Å²) in [6, 6.07) is 4.94. The molecule has 1 heterocycles. The molecule has 4 fully saturated rings. The van der Waals surface area contributed by atoms with E-state index in [1.54, 1.807) is 18.2 Å². The lowest BCUT2D eigenvalue weighted by atomic mass is 9.38. The number of carbonyl (C=O) groups is 2. The van der Waals surface area contributed by atoms with Crippen LogP contribution in [0.5, 0.6) is 5.75 Å². The van der Waals surface area contributed by atoms with E-state index in [0.717, 1.165) is 0 Å². The highest BCUT2D eigenvalue weighted by atomic mass is 35.5. The minimum absolute atomic E-state index is 0.0665. The number of amides is 1. The number of hydrogen-bond acceptors (Lipinski definition) is 6. The van der Waals surface area contributed by atoms with Crippen molar-refractivity contribution in [2.75, 3.05) is 6.61 Å². The van der Waals surface area contributed by atoms with Gasteiger partial charge in [-0.3, -0.25) is 14.3 Å². The zero-order chi connectivity index (χ0) is 24.3. The fourth-order valence-electron chi connectivity index (χ4n) is 5.88. The summed E-state index contributed by atoms with van der Waals surface area (Å²) in [7, 11) is 0. The Morgan fingerprint density at radius 3 is 2.56 bits per heavy atom. The van der Waals surface area contributed by atoms with Crippen LogP contribution in [0.2, 0.25) is 5.02 Å². The van der Waals surface area contributed by atoms with Crippen LogP contribution in [0.1, 0.15) is 56.6 Å². The van der Waals surface area contributed by atoms with Gasteiger partial charge in [0.05, 0.1) is 18.3 Å². The van der Waals surface area contributed by atoms with Crippen molar-refractivity contribution in [1.82, 2.24) is 5.32 Å². The van der Waals surface area contributed by atoms with Crippen LogP contribution in [0.15, 0.2) is 18.2 Å². The van der Waals surface area contributed by atoms with E-state index in [9.17, 15) is 27.9 Å². The second-order valence-electron chi connectivity index (χ2n) is 10.1. The molecule has 34 heavy (non-hydrogen) atoms. The predicted octanol–water partition coefficient (Wildman–Crippen LogP) is 3.61. The summed E-state index contributed by atoms with van der Waals surface area (Å²) >= 11 is 5.97. The molecule has 1 aliphatic heterocycles. The van der Waals surface area contributed by atoms with Crippen molar-refractivity contribution in [1.29, 1.82) is 0 Å². The smallest absolute Gasteiger partial charge is 0.482 e. The van der Waals surface area contributed by atoms with Crippen LogP contribution in [0.4, 0.5) is 13.2 Å². The van der Waals surface area contributed by atoms with Crippen LogP contribution in [0.3, 0.4) is 0 Å². The fraction of sp³-hybridized carbons (Fsp3) is 0.652. The second kappa shape index (κ2) is 8.36. The third-order valence-electron chi connectivity index (χ3n) is 7.29. The van der Waals surface area contributed by atoms with Gasteiger partial charge < -0.3 is 19.9 Å². The number of Topliss-reactive ketones (excluding diaryl/α,β-unsaturated/α-hetero) is 1. The molecule has 0 unspecified atom stereocenters. The van der Waals surface area contributed by atoms with Crippen molar-refractivity contribution >= 4 is 23.3 Å².